The van der Waals surface area contributed by atoms with Gasteiger partial charge in [-0.15, -0.1) is 0 Å². The fraction of sp³-hybridized carbons (Fsp3) is 0.250. The molecule has 6 nitrogen and oxygen atoms in total. The van der Waals surface area contributed by atoms with E-state index in [-0.39, 0.29) is 11.8 Å². The molecule has 2 aromatic carbocycles. The Hall–Kier alpha value is -3.15. The lowest BCUT2D eigenvalue weighted by Crippen LogP contribution is -2.30. The summed E-state index contributed by atoms with van der Waals surface area (Å²) in [6.07, 6.45) is 3.41. The second-order valence-electron chi connectivity index (χ2n) is 6.31. The van der Waals surface area contributed by atoms with Gasteiger partial charge in [0.15, 0.2) is 0 Å². The first-order valence-corrected chi connectivity index (χ1v) is 8.63. The summed E-state index contributed by atoms with van der Waals surface area (Å²) in [6.45, 7) is 1.22. The number of unbranched alkanes of at least 4 members (excludes halogenated alkanes) is 1. The summed E-state index contributed by atoms with van der Waals surface area (Å²) in [5.74, 6) is 0.407. The number of methoxy groups -OCH3 is 1. The van der Waals surface area contributed by atoms with Crippen LogP contribution in [-0.2, 0) is 6.54 Å². The molecule has 0 saturated heterocycles. The topological polar surface area (TPSA) is 64.4 Å². The van der Waals surface area contributed by atoms with Gasteiger partial charge in [0.2, 0.25) is 0 Å². The summed E-state index contributed by atoms with van der Waals surface area (Å²) in [7, 11) is 1.64. The normalized spacial score (nSPS) is 13.5. The standard InChI is InChI=1S/C20H19N3O3/c1-26-14-8-9-18-17(12-14)21-13-22(18)10-4-5-11-23-19(24)15-6-2-3-7-16(15)20(23)25/h2-3,6-9,12-13H,4-5,10-11H2,1H3. The molecule has 0 N–H and O–H groups in total. The molecule has 1 aliphatic rings. The van der Waals surface area contributed by atoms with E-state index < -0.39 is 0 Å². The van der Waals surface area contributed by atoms with Crippen molar-refractivity contribution in [2.45, 2.75) is 19.4 Å². The number of imidazole rings is 1. The van der Waals surface area contributed by atoms with E-state index in [1.165, 1.54) is 4.90 Å². The van der Waals surface area contributed by atoms with Crippen LogP contribution in [0.4, 0.5) is 0 Å². The highest BCUT2D eigenvalue weighted by Gasteiger charge is 2.34. The van der Waals surface area contributed by atoms with E-state index >= 15 is 0 Å². The minimum Gasteiger partial charge on any atom is -0.497 e. The van der Waals surface area contributed by atoms with Crippen molar-refractivity contribution in [2.75, 3.05) is 13.7 Å². The van der Waals surface area contributed by atoms with Crippen LogP contribution < -0.4 is 4.74 Å². The van der Waals surface area contributed by atoms with Gasteiger partial charge in [-0.3, -0.25) is 14.5 Å². The molecule has 0 aliphatic carbocycles. The Morgan fingerprint density at radius 2 is 1.65 bits per heavy atom. The van der Waals surface area contributed by atoms with Crippen LogP contribution in [0.5, 0.6) is 5.75 Å². The molecule has 3 aromatic rings. The highest BCUT2D eigenvalue weighted by molar-refractivity contribution is 6.21. The first kappa shape index (κ1) is 16.3. The van der Waals surface area contributed by atoms with Crippen LogP contribution in [0.3, 0.4) is 0 Å². The molecular weight excluding hydrogens is 330 g/mol. The minimum absolute atomic E-state index is 0.189. The molecule has 0 unspecified atom stereocenters. The number of imide groups is 1. The number of aryl methyl sites for hydroxylation is 1. The van der Waals surface area contributed by atoms with Crippen molar-refractivity contribution < 1.29 is 14.3 Å². The van der Waals surface area contributed by atoms with Gasteiger partial charge in [-0.1, -0.05) is 12.1 Å². The van der Waals surface area contributed by atoms with Gasteiger partial charge in [0.1, 0.15) is 5.75 Å². The average molecular weight is 349 g/mol. The molecule has 0 atom stereocenters. The highest BCUT2D eigenvalue weighted by Crippen LogP contribution is 2.23. The van der Waals surface area contributed by atoms with Gasteiger partial charge in [-0.2, -0.15) is 0 Å². The first-order valence-electron chi connectivity index (χ1n) is 8.63. The van der Waals surface area contributed by atoms with E-state index in [9.17, 15) is 9.59 Å². The number of carbonyl (C=O) groups is 2. The Labute approximate surface area is 151 Å². The third-order valence-corrected chi connectivity index (χ3v) is 4.74. The van der Waals surface area contributed by atoms with Crippen molar-refractivity contribution in [3.8, 4) is 5.75 Å². The smallest absolute Gasteiger partial charge is 0.261 e. The fourth-order valence-corrected chi connectivity index (χ4v) is 3.34. The molecule has 4 rings (SSSR count). The number of amides is 2. The summed E-state index contributed by atoms with van der Waals surface area (Å²) in [6, 6.07) is 12.8. The van der Waals surface area contributed by atoms with Crippen molar-refractivity contribution in [3.63, 3.8) is 0 Å². The van der Waals surface area contributed by atoms with E-state index in [1.807, 2.05) is 24.5 Å². The molecule has 26 heavy (non-hydrogen) atoms. The molecule has 0 spiro atoms. The second-order valence-corrected chi connectivity index (χ2v) is 6.31. The second kappa shape index (κ2) is 6.63. The van der Waals surface area contributed by atoms with Crippen LogP contribution in [0.25, 0.3) is 11.0 Å². The maximum Gasteiger partial charge on any atom is 0.261 e. The van der Waals surface area contributed by atoms with E-state index in [0.717, 1.165) is 36.2 Å². The molecule has 6 heteroatoms. The molecule has 132 valence electrons. The summed E-state index contributed by atoms with van der Waals surface area (Å²) in [5, 5.41) is 0. The molecule has 0 radical (unpaired) electrons. The Morgan fingerprint density at radius 1 is 0.962 bits per heavy atom. The zero-order chi connectivity index (χ0) is 18.1. The number of fused-ring (bicyclic) bond motifs is 2. The lowest BCUT2D eigenvalue weighted by Gasteiger charge is -2.13. The summed E-state index contributed by atoms with van der Waals surface area (Å²) in [4.78, 5) is 30.4. The van der Waals surface area contributed by atoms with E-state index in [2.05, 4.69) is 9.55 Å². The van der Waals surface area contributed by atoms with Gasteiger partial charge >= 0.3 is 0 Å². The van der Waals surface area contributed by atoms with Crippen molar-refractivity contribution in [1.29, 1.82) is 0 Å². The number of benzene rings is 2. The molecule has 0 bridgehead atoms. The maximum atomic E-state index is 12.3. The minimum atomic E-state index is -0.189. The number of hydrogen-bond acceptors (Lipinski definition) is 4. The van der Waals surface area contributed by atoms with Gasteiger partial charge in [0.25, 0.3) is 11.8 Å². The molecule has 2 amide bonds. The highest BCUT2D eigenvalue weighted by atomic mass is 16.5. The number of ether oxygens (including phenoxy) is 1. The Morgan fingerprint density at radius 3 is 2.35 bits per heavy atom. The zero-order valence-electron chi connectivity index (χ0n) is 14.5. The summed E-state index contributed by atoms with van der Waals surface area (Å²) in [5.41, 5.74) is 2.95. The van der Waals surface area contributed by atoms with Crippen molar-refractivity contribution in [1.82, 2.24) is 14.5 Å². The maximum absolute atomic E-state index is 12.3. The largest absolute Gasteiger partial charge is 0.497 e. The Bertz CT molecular complexity index is 958. The van der Waals surface area contributed by atoms with Gasteiger partial charge in [0.05, 0.1) is 35.6 Å². The average Bonchev–Trinajstić information content (AvgIpc) is 3.19. The zero-order valence-corrected chi connectivity index (χ0v) is 14.5. The third kappa shape index (κ3) is 2.73. The number of aromatic nitrogens is 2. The van der Waals surface area contributed by atoms with E-state index in [1.54, 1.807) is 31.4 Å². The quantitative estimate of drug-likeness (QED) is 0.507. The number of carbonyl (C=O) groups excluding carboxylic acids is 2. The Kier molecular flexibility index (Phi) is 4.16. The van der Waals surface area contributed by atoms with Gasteiger partial charge < -0.3 is 9.30 Å². The molecule has 1 aliphatic heterocycles. The summed E-state index contributed by atoms with van der Waals surface area (Å²) < 4.78 is 7.30. The lowest BCUT2D eigenvalue weighted by molar-refractivity contribution is 0.0651. The van der Waals surface area contributed by atoms with Crippen LogP contribution in [0.15, 0.2) is 48.8 Å². The lowest BCUT2D eigenvalue weighted by atomic mass is 10.1. The Balaban J connectivity index is 1.36. The molecular formula is C20H19N3O3. The molecule has 0 saturated carbocycles. The van der Waals surface area contributed by atoms with Crippen LogP contribution >= 0.6 is 0 Å². The SMILES string of the molecule is COc1ccc2c(c1)ncn2CCCCN1C(=O)c2ccccc2C1=O. The number of hydrogen-bond donors (Lipinski definition) is 0. The predicted octanol–water partition coefficient (Wildman–Crippen LogP) is 3.12. The number of rotatable bonds is 6. The van der Waals surface area contributed by atoms with Crippen LogP contribution in [0.1, 0.15) is 33.6 Å². The van der Waals surface area contributed by atoms with E-state index in [4.69, 9.17) is 4.74 Å². The van der Waals surface area contributed by atoms with Gasteiger partial charge in [-0.05, 0) is 37.1 Å². The van der Waals surface area contributed by atoms with Crippen LogP contribution in [0.2, 0.25) is 0 Å². The predicted molar refractivity (Wildman–Crippen MR) is 97.3 cm³/mol. The third-order valence-electron chi connectivity index (χ3n) is 4.74. The van der Waals surface area contributed by atoms with Crippen molar-refractivity contribution in [2.24, 2.45) is 0 Å². The van der Waals surface area contributed by atoms with Crippen LogP contribution in [0, 0.1) is 0 Å². The molecule has 1 aromatic heterocycles. The van der Waals surface area contributed by atoms with Crippen molar-refractivity contribution >= 4 is 22.8 Å². The van der Waals surface area contributed by atoms with Crippen molar-refractivity contribution in [3.05, 3.63) is 59.9 Å². The molecule has 2 heterocycles. The summed E-state index contributed by atoms with van der Waals surface area (Å²) >= 11 is 0. The fourth-order valence-electron chi connectivity index (χ4n) is 3.34. The number of nitrogens with zero attached hydrogens (tertiary/aromatic N) is 3. The van der Waals surface area contributed by atoms with Gasteiger partial charge in [0, 0.05) is 19.2 Å². The monoisotopic (exact) mass is 349 g/mol. The van der Waals surface area contributed by atoms with Gasteiger partial charge in [-0.25, -0.2) is 4.98 Å². The molecule has 0 fully saturated rings. The van der Waals surface area contributed by atoms with Crippen LogP contribution in [-0.4, -0.2) is 39.9 Å². The van der Waals surface area contributed by atoms with E-state index in [0.29, 0.717) is 17.7 Å². The first-order chi connectivity index (χ1) is 12.7.